The number of carbonyl (C=O) groups excluding carboxylic acids is 1. The molecule has 1 aromatic heterocycles. The number of rotatable bonds is 6. The van der Waals surface area contributed by atoms with Crippen molar-refractivity contribution in [1.29, 1.82) is 0 Å². The lowest BCUT2D eigenvalue weighted by Crippen LogP contribution is -2.49. The van der Waals surface area contributed by atoms with Gasteiger partial charge in [0.25, 0.3) is 0 Å². The van der Waals surface area contributed by atoms with Gasteiger partial charge in [-0.2, -0.15) is 0 Å². The van der Waals surface area contributed by atoms with Gasteiger partial charge in [0, 0.05) is 30.6 Å². The Morgan fingerprint density at radius 2 is 2.08 bits per heavy atom. The number of amides is 1. The topological polar surface area (TPSA) is 95.6 Å². The molecule has 0 aliphatic carbocycles. The average Bonchev–Trinajstić information content (AvgIpc) is 2.85. The largest absolute Gasteiger partial charge is 0.369 e. The van der Waals surface area contributed by atoms with Gasteiger partial charge in [0.15, 0.2) is 5.96 Å². The highest BCUT2D eigenvalue weighted by molar-refractivity contribution is 14.0. The lowest BCUT2D eigenvalue weighted by molar-refractivity contribution is -0.119. The summed E-state index contributed by atoms with van der Waals surface area (Å²) in [6, 6.07) is 0.367. The maximum atomic E-state index is 11.0. The Morgan fingerprint density at radius 3 is 2.60 bits per heavy atom. The SMILES string of the molecule is CCNC(=NCc1nc(C)c(C)s1)NC1CCN(CC(N)=O)CC1.I. The van der Waals surface area contributed by atoms with E-state index in [1.165, 1.54) is 4.88 Å². The second-order valence-electron chi connectivity index (χ2n) is 6.11. The summed E-state index contributed by atoms with van der Waals surface area (Å²) in [4.78, 5) is 23.5. The van der Waals surface area contributed by atoms with E-state index in [1.807, 2.05) is 6.92 Å². The van der Waals surface area contributed by atoms with Gasteiger partial charge >= 0.3 is 0 Å². The Kier molecular flexibility index (Phi) is 9.65. The van der Waals surface area contributed by atoms with E-state index in [9.17, 15) is 4.79 Å². The molecule has 0 radical (unpaired) electrons. The maximum absolute atomic E-state index is 11.0. The number of guanidine groups is 1. The van der Waals surface area contributed by atoms with Gasteiger partial charge in [-0.1, -0.05) is 0 Å². The second kappa shape index (κ2) is 10.9. The summed E-state index contributed by atoms with van der Waals surface area (Å²) in [5.74, 6) is 0.571. The highest BCUT2D eigenvalue weighted by Crippen LogP contribution is 2.17. The smallest absolute Gasteiger partial charge is 0.231 e. The van der Waals surface area contributed by atoms with E-state index < -0.39 is 0 Å². The van der Waals surface area contributed by atoms with E-state index in [4.69, 9.17) is 5.73 Å². The Balaban J connectivity index is 0.00000312. The number of nitrogens with zero attached hydrogens (tertiary/aromatic N) is 3. The summed E-state index contributed by atoms with van der Waals surface area (Å²) >= 11 is 1.70. The minimum atomic E-state index is -0.259. The molecule has 25 heavy (non-hydrogen) atoms. The molecule has 1 saturated heterocycles. The standard InChI is InChI=1S/C16H28N6OS.HI/c1-4-18-16(19-9-15-20-11(2)12(3)24-15)21-13-5-7-22(8-6-13)10-14(17)23;/h13H,4-10H2,1-3H3,(H2,17,23)(H2,18,19,21);1H. The molecule has 1 amide bonds. The minimum absolute atomic E-state index is 0. The summed E-state index contributed by atoms with van der Waals surface area (Å²) in [5, 5.41) is 7.83. The monoisotopic (exact) mass is 480 g/mol. The van der Waals surface area contributed by atoms with Gasteiger partial charge in [-0.05, 0) is 33.6 Å². The summed E-state index contributed by atoms with van der Waals surface area (Å²) in [5.41, 5.74) is 6.34. The van der Waals surface area contributed by atoms with Crippen molar-refractivity contribution in [2.75, 3.05) is 26.2 Å². The van der Waals surface area contributed by atoms with Crippen molar-refractivity contribution in [3.05, 3.63) is 15.6 Å². The van der Waals surface area contributed by atoms with Gasteiger partial charge in [-0.3, -0.25) is 9.69 Å². The minimum Gasteiger partial charge on any atom is -0.369 e. The lowest BCUT2D eigenvalue weighted by atomic mass is 10.1. The molecule has 142 valence electrons. The van der Waals surface area contributed by atoms with Crippen LogP contribution >= 0.6 is 35.3 Å². The highest BCUT2D eigenvalue weighted by Gasteiger charge is 2.20. The molecule has 0 saturated carbocycles. The van der Waals surface area contributed by atoms with Crippen LogP contribution in [0.15, 0.2) is 4.99 Å². The number of carbonyl (C=O) groups is 1. The zero-order chi connectivity index (χ0) is 17.5. The molecule has 2 heterocycles. The Bertz CT molecular complexity index is 564. The van der Waals surface area contributed by atoms with Crippen molar-refractivity contribution in [3.8, 4) is 0 Å². The molecule has 1 aromatic rings. The molecule has 0 aromatic carbocycles. The van der Waals surface area contributed by atoms with Crippen LogP contribution in [0.2, 0.25) is 0 Å². The second-order valence-corrected chi connectivity index (χ2v) is 7.39. The molecule has 1 fully saturated rings. The number of nitrogens with one attached hydrogen (secondary N) is 2. The van der Waals surface area contributed by atoms with Crippen LogP contribution in [0, 0.1) is 13.8 Å². The van der Waals surface area contributed by atoms with Crippen LogP contribution in [0.1, 0.15) is 35.3 Å². The number of thiazole rings is 1. The third-order valence-electron chi connectivity index (χ3n) is 4.10. The van der Waals surface area contributed by atoms with Gasteiger partial charge in [-0.15, -0.1) is 35.3 Å². The van der Waals surface area contributed by atoms with Crippen molar-refractivity contribution >= 4 is 47.2 Å². The van der Waals surface area contributed by atoms with E-state index in [2.05, 4.69) is 39.4 Å². The Morgan fingerprint density at radius 1 is 1.40 bits per heavy atom. The highest BCUT2D eigenvalue weighted by atomic mass is 127. The molecule has 7 nitrogen and oxygen atoms in total. The van der Waals surface area contributed by atoms with E-state index in [0.717, 1.165) is 49.1 Å². The van der Waals surface area contributed by atoms with Gasteiger partial charge in [0.05, 0.1) is 18.8 Å². The van der Waals surface area contributed by atoms with Gasteiger partial charge in [0.1, 0.15) is 5.01 Å². The fraction of sp³-hybridized carbons (Fsp3) is 0.688. The molecule has 2 rings (SSSR count). The first-order valence-electron chi connectivity index (χ1n) is 8.46. The number of piperidine rings is 1. The van der Waals surface area contributed by atoms with Crippen molar-refractivity contribution in [3.63, 3.8) is 0 Å². The number of likely N-dealkylation sites (tertiary alicyclic amines) is 1. The third kappa shape index (κ3) is 7.45. The third-order valence-corrected chi connectivity index (χ3v) is 5.15. The molecule has 0 spiro atoms. The lowest BCUT2D eigenvalue weighted by Gasteiger charge is -2.32. The molecule has 0 unspecified atom stereocenters. The van der Waals surface area contributed by atoms with Crippen LogP contribution in [-0.4, -0.2) is 54.0 Å². The zero-order valence-electron chi connectivity index (χ0n) is 15.2. The number of hydrogen-bond acceptors (Lipinski definition) is 5. The van der Waals surface area contributed by atoms with Crippen LogP contribution in [0.3, 0.4) is 0 Å². The van der Waals surface area contributed by atoms with Gasteiger partial charge in [-0.25, -0.2) is 9.98 Å². The zero-order valence-corrected chi connectivity index (χ0v) is 18.3. The molecule has 9 heteroatoms. The van der Waals surface area contributed by atoms with Crippen molar-refractivity contribution < 1.29 is 4.79 Å². The number of nitrogens with two attached hydrogens (primary N) is 1. The predicted molar refractivity (Wildman–Crippen MR) is 114 cm³/mol. The Labute approximate surface area is 170 Å². The molecule has 4 N–H and O–H groups in total. The molecule has 1 aliphatic rings. The normalized spacial score (nSPS) is 16.4. The number of halogens is 1. The molecule has 1 aliphatic heterocycles. The molecule has 0 atom stereocenters. The quantitative estimate of drug-likeness (QED) is 0.325. The van der Waals surface area contributed by atoms with Crippen molar-refractivity contribution in [2.45, 2.75) is 46.2 Å². The summed E-state index contributed by atoms with van der Waals surface area (Å²) in [6.45, 7) is 9.70. The number of aromatic nitrogens is 1. The fourth-order valence-electron chi connectivity index (χ4n) is 2.72. The van der Waals surface area contributed by atoms with E-state index in [0.29, 0.717) is 19.1 Å². The van der Waals surface area contributed by atoms with Gasteiger partial charge in [0.2, 0.25) is 5.91 Å². The first-order valence-corrected chi connectivity index (χ1v) is 9.28. The fourth-order valence-corrected chi connectivity index (χ4v) is 3.58. The van der Waals surface area contributed by atoms with E-state index in [-0.39, 0.29) is 29.9 Å². The Hall–Kier alpha value is -0.940. The van der Waals surface area contributed by atoms with E-state index in [1.54, 1.807) is 11.3 Å². The number of aryl methyl sites for hydroxylation is 2. The summed E-state index contributed by atoms with van der Waals surface area (Å²) < 4.78 is 0. The van der Waals surface area contributed by atoms with Crippen molar-refractivity contribution in [2.24, 2.45) is 10.7 Å². The van der Waals surface area contributed by atoms with Crippen LogP contribution in [0.25, 0.3) is 0 Å². The first kappa shape index (κ1) is 22.1. The van der Waals surface area contributed by atoms with E-state index >= 15 is 0 Å². The maximum Gasteiger partial charge on any atom is 0.231 e. The van der Waals surface area contributed by atoms with Crippen LogP contribution < -0.4 is 16.4 Å². The molecule has 0 bridgehead atoms. The number of hydrogen-bond donors (Lipinski definition) is 3. The number of primary amides is 1. The predicted octanol–water partition coefficient (Wildman–Crippen LogP) is 1.38. The summed E-state index contributed by atoms with van der Waals surface area (Å²) in [7, 11) is 0. The summed E-state index contributed by atoms with van der Waals surface area (Å²) in [6.07, 6.45) is 1.96. The molecular weight excluding hydrogens is 451 g/mol. The molecular formula is C16H29IN6OS. The average molecular weight is 480 g/mol. The van der Waals surface area contributed by atoms with Gasteiger partial charge < -0.3 is 16.4 Å². The first-order chi connectivity index (χ1) is 11.5. The number of aliphatic imine (C=N–C) groups is 1. The van der Waals surface area contributed by atoms with Crippen LogP contribution in [0.4, 0.5) is 0 Å². The van der Waals surface area contributed by atoms with Crippen LogP contribution in [0.5, 0.6) is 0 Å². The van der Waals surface area contributed by atoms with Crippen molar-refractivity contribution in [1.82, 2.24) is 20.5 Å². The van der Waals surface area contributed by atoms with Crippen LogP contribution in [-0.2, 0) is 11.3 Å².